The average Bonchev–Trinajstić information content (AvgIpc) is 2.93. The minimum absolute atomic E-state index is 0.513. The van der Waals surface area contributed by atoms with Crippen molar-refractivity contribution in [1.29, 1.82) is 0 Å². The zero-order valence-electron chi connectivity index (χ0n) is 11.8. The molecule has 3 atom stereocenters. The van der Waals surface area contributed by atoms with Crippen LogP contribution in [0.1, 0.15) is 45.4 Å². The highest BCUT2D eigenvalue weighted by atomic mass is 15.6. The molecule has 18 heavy (non-hydrogen) atoms. The minimum atomic E-state index is 0.513. The maximum Gasteiger partial charge on any atom is 0.176 e. The van der Waals surface area contributed by atoms with Crippen molar-refractivity contribution >= 4 is 0 Å². The summed E-state index contributed by atoms with van der Waals surface area (Å²) in [5.41, 5.74) is 0. The van der Waals surface area contributed by atoms with Gasteiger partial charge in [-0.1, -0.05) is 20.3 Å². The normalized spacial score (nSPS) is 25.5. The smallest absolute Gasteiger partial charge is 0.176 e. The van der Waals surface area contributed by atoms with E-state index in [1.165, 1.54) is 25.7 Å². The molecule has 0 amide bonds. The van der Waals surface area contributed by atoms with E-state index >= 15 is 0 Å². The van der Waals surface area contributed by atoms with Gasteiger partial charge in [-0.3, -0.25) is 0 Å². The number of nitrogens with zero attached hydrogens (tertiary/aromatic N) is 4. The molecule has 1 aromatic heterocycles. The summed E-state index contributed by atoms with van der Waals surface area (Å²) in [5, 5.41) is 16.0. The molecule has 3 unspecified atom stereocenters. The van der Waals surface area contributed by atoms with Crippen LogP contribution >= 0.6 is 0 Å². The third kappa shape index (κ3) is 3.51. The number of hydrogen-bond acceptors (Lipinski definition) is 4. The lowest BCUT2D eigenvalue weighted by Gasteiger charge is -2.23. The Kier molecular flexibility index (Phi) is 4.69. The molecule has 1 heterocycles. The predicted molar refractivity (Wildman–Crippen MR) is 71.1 cm³/mol. The summed E-state index contributed by atoms with van der Waals surface area (Å²) >= 11 is 0. The molecule has 0 saturated heterocycles. The minimum Gasteiger partial charge on any atom is -0.313 e. The molecule has 5 nitrogen and oxygen atoms in total. The number of aromatic nitrogens is 4. The maximum atomic E-state index is 4.30. The van der Waals surface area contributed by atoms with Crippen LogP contribution in [0, 0.1) is 11.8 Å². The van der Waals surface area contributed by atoms with Crippen LogP contribution in [-0.2, 0) is 13.5 Å². The van der Waals surface area contributed by atoms with Crippen molar-refractivity contribution in [2.24, 2.45) is 18.9 Å². The van der Waals surface area contributed by atoms with Gasteiger partial charge in [-0.2, -0.15) is 4.80 Å². The van der Waals surface area contributed by atoms with Crippen molar-refractivity contribution in [2.75, 3.05) is 6.54 Å². The summed E-state index contributed by atoms with van der Waals surface area (Å²) in [5.74, 6) is 2.51. The third-order valence-corrected chi connectivity index (χ3v) is 3.91. The summed E-state index contributed by atoms with van der Waals surface area (Å²) in [6.45, 7) is 5.65. The molecule has 102 valence electrons. The van der Waals surface area contributed by atoms with Crippen LogP contribution in [0.5, 0.6) is 0 Å². The Hall–Kier alpha value is -0.970. The Morgan fingerprint density at radius 1 is 1.44 bits per heavy atom. The van der Waals surface area contributed by atoms with Crippen molar-refractivity contribution in [3.63, 3.8) is 0 Å². The molecule has 0 bridgehead atoms. The fourth-order valence-electron chi connectivity index (χ4n) is 2.95. The lowest BCUT2D eigenvalue weighted by atomic mass is 9.94. The lowest BCUT2D eigenvalue weighted by Crippen LogP contribution is -2.38. The van der Waals surface area contributed by atoms with Gasteiger partial charge in [0, 0.05) is 12.5 Å². The number of hydrogen-bond donors (Lipinski definition) is 1. The largest absolute Gasteiger partial charge is 0.313 e. The molecule has 0 spiro atoms. The summed E-state index contributed by atoms with van der Waals surface area (Å²) in [6.07, 6.45) is 6.12. The van der Waals surface area contributed by atoms with E-state index in [1.54, 1.807) is 4.80 Å². The molecule has 0 radical (unpaired) electrons. The molecule has 1 aliphatic carbocycles. The Balaban J connectivity index is 1.96. The Morgan fingerprint density at radius 2 is 2.28 bits per heavy atom. The molecule has 1 fully saturated rings. The fraction of sp³-hybridized carbons (Fsp3) is 0.923. The van der Waals surface area contributed by atoms with Gasteiger partial charge < -0.3 is 5.32 Å². The van der Waals surface area contributed by atoms with Crippen molar-refractivity contribution < 1.29 is 0 Å². The molecular weight excluding hydrogens is 226 g/mol. The molecule has 2 rings (SSSR count). The van der Waals surface area contributed by atoms with E-state index in [4.69, 9.17) is 0 Å². The molecule has 1 aliphatic rings. The van der Waals surface area contributed by atoms with E-state index in [9.17, 15) is 0 Å². The zero-order chi connectivity index (χ0) is 13.0. The van der Waals surface area contributed by atoms with Crippen LogP contribution in [0.4, 0.5) is 0 Å². The topological polar surface area (TPSA) is 55.6 Å². The van der Waals surface area contributed by atoms with E-state index in [1.807, 2.05) is 7.05 Å². The van der Waals surface area contributed by atoms with Crippen molar-refractivity contribution in [3.8, 4) is 0 Å². The van der Waals surface area contributed by atoms with Crippen LogP contribution in [0.25, 0.3) is 0 Å². The van der Waals surface area contributed by atoms with E-state index in [0.29, 0.717) is 6.04 Å². The summed E-state index contributed by atoms with van der Waals surface area (Å²) < 4.78 is 0. The Bertz CT molecular complexity index is 362. The maximum absolute atomic E-state index is 4.30. The SMILES string of the molecule is CCCNC(Cc1nnn(C)n1)C1CCC(C)C1. The second kappa shape index (κ2) is 6.27. The van der Waals surface area contributed by atoms with Crippen molar-refractivity contribution in [2.45, 2.75) is 52.0 Å². The van der Waals surface area contributed by atoms with Gasteiger partial charge in [-0.05, 0) is 42.9 Å². The van der Waals surface area contributed by atoms with Gasteiger partial charge in [0.2, 0.25) is 0 Å². The highest BCUT2D eigenvalue weighted by molar-refractivity contribution is 4.91. The second-order valence-electron chi connectivity index (χ2n) is 5.64. The van der Waals surface area contributed by atoms with Crippen LogP contribution in [-0.4, -0.2) is 32.8 Å². The number of nitrogens with one attached hydrogen (secondary N) is 1. The van der Waals surface area contributed by atoms with Gasteiger partial charge in [-0.25, -0.2) is 0 Å². The van der Waals surface area contributed by atoms with E-state index in [0.717, 1.165) is 30.6 Å². The number of tetrazole rings is 1. The molecule has 0 aliphatic heterocycles. The summed E-state index contributed by atoms with van der Waals surface area (Å²) in [6, 6.07) is 0.513. The average molecular weight is 251 g/mol. The monoisotopic (exact) mass is 251 g/mol. The van der Waals surface area contributed by atoms with Crippen LogP contribution in [0.2, 0.25) is 0 Å². The molecular formula is C13H25N5. The highest BCUT2D eigenvalue weighted by Gasteiger charge is 2.29. The van der Waals surface area contributed by atoms with Gasteiger partial charge in [0.25, 0.3) is 0 Å². The quantitative estimate of drug-likeness (QED) is 0.833. The standard InChI is InChI=1S/C13H25N5/c1-4-7-14-12(11-6-5-10(2)8-11)9-13-15-17-18(3)16-13/h10-12,14H,4-9H2,1-3H3. The highest BCUT2D eigenvalue weighted by Crippen LogP contribution is 2.33. The van der Waals surface area contributed by atoms with Gasteiger partial charge in [0.1, 0.15) is 0 Å². The first-order valence-electron chi connectivity index (χ1n) is 7.15. The van der Waals surface area contributed by atoms with Crippen LogP contribution < -0.4 is 5.32 Å². The van der Waals surface area contributed by atoms with Crippen molar-refractivity contribution in [1.82, 2.24) is 25.5 Å². The van der Waals surface area contributed by atoms with Crippen LogP contribution in [0.3, 0.4) is 0 Å². The van der Waals surface area contributed by atoms with Crippen molar-refractivity contribution in [3.05, 3.63) is 5.82 Å². The van der Waals surface area contributed by atoms with Gasteiger partial charge in [0.15, 0.2) is 5.82 Å². The van der Waals surface area contributed by atoms with E-state index < -0.39 is 0 Å². The first-order valence-corrected chi connectivity index (χ1v) is 7.15. The predicted octanol–water partition coefficient (Wildman–Crippen LogP) is 1.56. The molecule has 1 saturated carbocycles. The molecule has 1 aromatic rings. The molecule has 0 aromatic carbocycles. The van der Waals surface area contributed by atoms with E-state index in [-0.39, 0.29) is 0 Å². The van der Waals surface area contributed by atoms with Gasteiger partial charge in [-0.15, -0.1) is 10.2 Å². The Labute approximate surface area is 109 Å². The fourth-order valence-corrected chi connectivity index (χ4v) is 2.95. The molecule has 1 N–H and O–H groups in total. The molecule has 5 heteroatoms. The first-order chi connectivity index (χ1) is 8.69. The van der Waals surface area contributed by atoms with Gasteiger partial charge >= 0.3 is 0 Å². The summed E-state index contributed by atoms with van der Waals surface area (Å²) in [4.78, 5) is 1.55. The third-order valence-electron chi connectivity index (χ3n) is 3.91. The first kappa shape index (κ1) is 13.5. The zero-order valence-corrected chi connectivity index (χ0v) is 11.8. The second-order valence-corrected chi connectivity index (χ2v) is 5.64. The lowest BCUT2D eigenvalue weighted by molar-refractivity contribution is 0.344. The van der Waals surface area contributed by atoms with Crippen LogP contribution in [0.15, 0.2) is 0 Å². The van der Waals surface area contributed by atoms with E-state index in [2.05, 4.69) is 34.6 Å². The Morgan fingerprint density at radius 3 is 2.83 bits per heavy atom. The number of aryl methyl sites for hydroxylation is 1. The number of rotatable bonds is 6. The summed E-state index contributed by atoms with van der Waals surface area (Å²) in [7, 11) is 1.82. The van der Waals surface area contributed by atoms with Gasteiger partial charge in [0.05, 0.1) is 7.05 Å².